The van der Waals surface area contributed by atoms with Crippen molar-refractivity contribution < 1.29 is 9.47 Å². The van der Waals surface area contributed by atoms with Crippen molar-refractivity contribution in [1.29, 1.82) is 0 Å². The zero-order chi connectivity index (χ0) is 15.0. The standard InChI is InChI=1S/C17H26N2O2/c1-11-10-21-12(2)9-19(11)16-7-4-13-8-14(20-3)5-6-15(13)17(16)18/h5-6,8,11-12,16-17H,4,7,9-10,18H2,1-3H3. The molecule has 21 heavy (non-hydrogen) atoms. The van der Waals surface area contributed by atoms with Gasteiger partial charge in [0.15, 0.2) is 0 Å². The van der Waals surface area contributed by atoms with Gasteiger partial charge in [-0.25, -0.2) is 0 Å². The van der Waals surface area contributed by atoms with Gasteiger partial charge in [0.25, 0.3) is 0 Å². The first-order valence-corrected chi connectivity index (χ1v) is 7.90. The second-order valence-electron chi connectivity index (χ2n) is 6.39. The molecule has 1 fully saturated rings. The minimum atomic E-state index is 0.0763. The molecule has 0 saturated carbocycles. The maximum absolute atomic E-state index is 6.60. The zero-order valence-corrected chi connectivity index (χ0v) is 13.2. The Kier molecular flexibility index (Phi) is 4.20. The van der Waals surface area contributed by atoms with Crippen LogP contribution in [0, 0.1) is 0 Å². The molecule has 4 nitrogen and oxygen atoms in total. The van der Waals surface area contributed by atoms with Crippen LogP contribution in [-0.4, -0.2) is 43.3 Å². The number of nitrogens with zero attached hydrogens (tertiary/aromatic N) is 1. The lowest BCUT2D eigenvalue weighted by molar-refractivity contribution is -0.0720. The van der Waals surface area contributed by atoms with E-state index in [1.54, 1.807) is 7.11 Å². The number of aryl methyl sites for hydroxylation is 1. The van der Waals surface area contributed by atoms with Crippen LogP contribution in [-0.2, 0) is 11.2 Å². The summed E-state index contributed by atoms with van der Waals surface area (Å²) >= 11 is 0. The molecule has 1 aliphatic carbocycles. The highest BCUT2D eigenvalue weighted by molar-refractivity contribution is 5.40. The van der Waals surface area contributed by atoms with Gasteiger partial charge in [0.2, 0.25) is 0 Å². The van der Waals surface area contributed by atoms with Crippen molar-refractivity contribution in [3.8, 4) is 5.75 Å². The molecule has 1 heterocycles. The van der Waals surface area contributed by atoms with Gasteiger partial charge in [-0.15, -0.1) is 0 Å². The fourth-order valence-electron chi connectivity index (χ4n) is 3.70. The largest absolute Gasteiger partial charge is 0.497 e. The maximum Gasteiger partial charge on any atom is 0.119 e. The number of hydrogen-bond acceptors (Lipinski definition) is 4. The van der Waals surface area contributed by atoms with Gasteiger partial charge in [-0.3, -0.25) is 4.90 Å². The predicted octanol–water partition coefficient (Wildman–Crippen LogP) is 2.12. The zero-order valence-electron chi connectivity index (χ0n) is 13.2. The van der Waals surface area contributed by atoms with Gasteiger partial charge in [-0.1, -0.05) is 6.07 Å². The SMILES string of the molecule is COc1ccc2c(c1)CCC(N1CC(C)OCC1C)C2N. The van der Waals surface area contributed by atoms with Crippen LogP contribution < -0.4 is 10.5 Å². The molecule has 116 valence electrons. The molecule has 1 aromatic carbocycles. The molecule has 2 aliphatic rings. The monoisotopic (exact) mass is 290 g/mol. The van der Waals surface area contributed by atoms with E-state index in [1.165, 1.54) is 11.1 Å². The molecule has 4 unspecified atom stereocenters. The molecule has 0 spiro atoms. The van der Waals surface area contributed by atoms with Crippen molar-refractivity contribution in [1.82, 2.24) is 4.90 Å². The number of nitrogens with two attached hydrogens (primary N) is 1. The van der Waals surface area contributed by atoms with E-state index in [9.17, 15) is 0 Å². The summed E-state index contributed by atoms with van der Waals surface area (Å²) in [4.78, 5) is 2.55. The number of benzene rings is 1. The van der Waals surface area contributed by atoms with E-state index in [-0.39, 0.29) is 6.04 Å². The third-order valence-electron chi connectivity index (χ3n) is 4.92. The molecule has 4 atom stereocenters. The molecule has 1 saturated heterocycles. The average molecular weight is 290 g/mol. The van der Waals surface area contributed by atoms with Gasteiger partial charge in [0, 0.05) is 24.7 Å². The third-order valence-corrected chi connectivity index (χ3v) is 4.92. The minimum Gasteiger partial charge on any atom is -0.497 e. The Labute approximate surface area is 127 Å². The van der Waals surface area contributed by atoms with E-state index >= 15 is 0 Å². The van der Waals surface area contributed by atoms with Crippen LogP contribution >= 0.6 is 0 Å². The smallest absolute Gasteiger partial charge is 0.119 e. The molecule has 1 aromatic rings. The molecule has 0 bridgehead atoms. The predicted molar refractivity (Wildman–Crippen MR) is 83.6 cm³/mol. The number of methoxy groups -OCH3 is 1. The summed E-state index contributed by atoms with van der Waals surface area (Å²) in [5.74, 6) is 0.924. The Morgan fingerprint density at radius 1 is 1.33 bits per heavy atom. The van der Waals surface area contributed by atoms with Crippen LogP contribution in [0.5, 0.6) is 5.75 Å². The molecule has 0 amide bonds. The minimum absolute atomic E-state index is 0.0763. The van der Waals surface area contributed by atoms with Gasteiger partial charge in [0.1, 0.15) is 5.75 Å². The summed E-state index contributed by atoms with van der Waals surface area (Å²) in [7, 11) is 1.71. The normalized spacial score (nSPS) is 33.5. The second kappa shape index (κ2) is 5.95. The van der Waals surface area contributed by atoms with E-state index in [1.807, 2.05) is 6.07 Å². The molecule has 3 rings (SSSR count). The number of ether oxygens (including phenoxy) is 2. The first kappa shape index (κ1) is 14.8. The summed E-state index contributed by atoms with van der Waals surface area (Å²) in [6.07, 6.45) is 2.48. The molecular weight excluding hydrogens is 264 g/mol. The molecule has 2 N–H and O–H groups in total. The van der Waals surface area contributed by atoms with Gasteiger partial charge in [-0.2, -0.15) is 0 Å². The first-order chi connectivity index (χ1) is 10.1. The first-order valence-electron chi connectivity index (χ1n) is 7.90. The quantitative estimate of drug-likeness (QED) is 0.906. The van der Waals surface area contributed by atoms with E-state index in [4.69, 9.17) is 15.2 Å². The summed E-state index contributed by atoms with van der Waals surface area (Å²) in [5, 5.41) is 0. The number of morpholine rings is 1. The van der Waals surface area contributed by atoms with Crippen LogP contribution in [0.25, 0.3) is 0 Å². The van der Waals surface area contributed by atoms with Crippen LogP contribution in [0.2, 0.25) is 0 Å². The van der Waals surface area contributed by atoms with Gasteiger partial charge in [0.05, 0.1) is 19.8 Å². The fraction of sp³-hybridized carbons (Fsp3) is 0.647. The van der Waals surface area contributed by atoms with E-state index < -0.39 is 0 Å². The summed E-state index contributed by atoms with van der Waals surface area (Å²) in [6, 6.07) is 7.22. The highest BCUT2D eigenvalue weighted by Crippen LogP contribution is 2.35. The highest BCUT2D eigenvalue weighted by Gasteiger charge is 2.36. The summed E-state index contributed by atoms with van der Waals surface area (Å²) in [6.45, 7) is 6.17. The van der Waals surface area contributed by atoms with Crippen molar-refractivity contribution in [2.24, 2.45) is 5.73 Å². The Balaban J connectivity index is 1.83. The molecule has 0 aromatic heterocycles. The third kappa shape index (κ3) is 2.80. The topological polar surface area (TPSA) is 47.7 Å². The Morgan fingerprint density at radius 2 is 2.14 bits per heavy atom. The van der Waals surface area contributed by atoms with Crippen LogP contribution in [0.3, 0.4) is 0 Å². The van der Waals surface area contributed by atoms with Crippen molar-refractivity contribution >= 4 is 0 Å². The molecule has 0 radical (unpaired) electrons. The molecule has 1 aliphatic heterocycles. The molecular formula is C17H26N2O2. The van der Waals surface area contributed by atoms with Crippen molar-refractivity contribution in [3.05, 3.63) is 29.3 Å². The van der Waals surface area contributed by atoms with Crippen molar-refractivity contribution in [2.45, 2.75) is 50.9 Å². The summed E-state index contributed by atoms with van der Waals surface area (Å²) in [5.41, 5.74) is 9.21. The Morgan fingerprint density at radius 3 is 2.90 bits per heavy atom. The van der Waals surface area contributed by atoms with E-state index in [0.29, 0.717) is 18.2 Å². The average Bonchev–Trinajstić information content (AvgIpc) is 2.50. The van der Waals surface area contributed by atoms with E-state index in [2.05, 4.69) is 30.9 Å². The number of hydrogen-bond donors (Lipinski definition) is 1. The lowest BCUT2D eigenvalue weighted by Crippen LogP contribution is -2.56. The lowest BCUT2D eigenvalue weighted by Gasteiger charge is -2.46. The molecule has 4 heteroatoms. The van der Waals surface area contributed by atoms with Gasteiger partial charge in [-0.05, 0) is 49.9 Å². The fourth-order valence-corrected chi connectivity index (χ4v) is 3.70. The van der Waals surface area contributed by atoms with Crippen LogP contribution in [0.1, 0.15) is 37.4 Å². The second-order valence-corrected chi connectivity index (χ2v) is 6.39. The highest BCUT2D eigenvalue weighted by atomic mass is 16.5. The number of rotatable bonds is 2. The van der Waals surface area contributed by atoms with Crippen LogP contribution in [0.15, 0.2) is 18.2 Å². The summed E-state index contributed by atoms with van der Waals surface area (Å²) < 4.78 is 11.1. The van der Waals surface area contributed by atoms with Crippen molar-refractivity contribution in [2.75, 3.05) is 20.3 Å². The van der Waals surface area contributed by atoms with E-state index in [0.717, 1.165) is 31.7 Å². The van der Waals surface area contributed by atoms with Gasteiger partial charge < -0.3 is 15.2 Å². The Bertz CT molecular complexity index is 506. The van der Waals surface area contributed by atoms with Crippen LogP contribution in [0.4, 0.5) is 0 Å². The number of fused-ring (bicyclic) bond motifs is 1. The van der Waals surface area contributed by atoms with Crippen molar-refractivity contribution in [3.63, 3.8) is 0 Å². The maximum atomic E-state index is 6.60. The Hall–Kier alpha value is -1.10. The van der Waals surface area contributed by atoms with Gasteiger partial charge >= 0.3 is 0 Å². The lowest BCUT2D eigenvalue weighted by atomic mass is 9.83.